The van der Waals surface area contributed by atoms with Gasteiger partial charge < -0.3 is 4.74 Å². The van der Waals surface area contributed by atoms with Crippen LogP contribution < -0.4 is 4.74 Å². The molecule has 0 saturated carbocycles. The van der Waals surface area contributed by atoms with Crippen LogP contribution in [-0.4, -0.2) is 16.6 Å². The minimum Gasteiger partial charge on any atom is -0.435 e. The Balaban J connectivity index is 1.99. The molecular weight excluding hydrogens is 298 g/mol. The van der Waals surface area contributed by atoms with E-state index in [0.29, 0.717) is 0 Å². The van der Waals surface area contributed by atoms with Gasteiger partial charge in [0.25, 0.3) is 0 Å². The smallest absolute Gasteiger partial charge is 0.387 e. The third kappa shape index (κ3) is 3.69. The molecule has 3 rings (SSSR count). The van der Waals surface area contributed by atoms with Gasteiger partial charge in [-0.05, 0) is 23.3 Å². The molecule has 1 unspecified atom stereocenters. The van der Waals surface area contributed by atoms with E-state index in [9.17, 15) is 8.78 Å². The molecule has 116 valence electrons. The molecule has 0 radical (unpaired) electrons. The maximum absolute atomic E-state index is 12.3. The predicted octanol–water partition coefficient (Wildman–Crippen LogP) is 4.26. The molecular formula is C18H14F2N2O. The van der Waals surface area contributed by atoms with E-state index < -0.39 is 6.61 Å². The van der Waals surface area contributed by atoms with Gasteiger partial charge >= 0.3 is 6.61 Å². The standard InChI is InChI=1S/C18H14F2N2O/c19-18(20)23-16-8-6-14(7-9-16)17(13-4-2-1-3-5-13)15-10-21-12-22-11-15/h1-12,17-18H. The first kappa shape index (κ1) is 15.1. The zero-order valence-corrected chi connectivity index (χ0v) is 12.1. The van der Waals surface area contributed by atoms with Gasteiger partial charge in [-0.2, -0.15) is 8.78 Å². The van der Waals surface area contributed by atoms with E-state index in [1.165, 1.54) is 6.33 Å². The molecule has 0 spiro atoms. The number of hydrogen-bond acceptors (Lipinski definition) is 3. The van der Waals surface area contributed by atoms with E-state index in [1.807, 2.05) is 30.3 Å². The highest BCUT2D eigenvalue weighted by Gasteiger charge is 2.17. The number of halogens is 2. The minimum absolute atomic E-state index is 0.0713. The predicted molar refractivity (Wildman–Crippen MR) is 82.5 cm³/mol. The van der Waals surface area contributed by atoms with E-state index in [4.69, 9.17) is 0 Å². The molecule has 5 heteroatoms. The molecule has 1 heterocycles. The normalized spacial score (nSPS) is 12.1. The summed E-state index contributed by atoms with van der Waals surface area (Å²) < 4.78 is 28.9. The number of rotatable bonds is 5. The summed E-state index contributed by atoms with van der Waals surface area (Å²) in [6, 6.07) is 16.5. The van der Waals surface area contributed by atoms with Crippen molar-refractivity contribution in [3.05, 3.63) is 90.0 Å². The Hall–Kier alpha value is -2.82. The van der Waals surface area contributed by atoms with Crippen molar-refractivity contribution in [1.29, 1.82) is 0 Å². The van der Waals surface area contributed by atoms with Crippen LogP contribution in [0.5, 0.6) is 5.75 Å². The van der Waals surface area contributed by atoms with Crippen molar-refractivity contribution < 1.29 is 13.5 Å². The first-order chi connectivity index (χ1) is 11.2. The summed E-state index contributed by atoms with van der Waals surface area (Å²) in [5, 5.41) is 0. The van der Waals surface area contributed by atoms with Crippen LogP contribution in [-0.2, 0) is 0 Å². The van der Waals surface area contributed by atoms with Gasteiger partial charge in [-0.15, -0.1) is 0 Å². The van der Waals surface area contributed by atoms with Crippen LogP contribution in [0.4, 0.5) is 8.78 Å². The second-order valence-corrected chi connectivity index (χ2v) is 4.96. The molecule has 0 saturated heterocycles. The first-order valence-electron chi connectivity index (χ1n) is 7.08. The summed E-state index contributed by atoms with van der Waals surface area (Å²) >= 11 is 0. The van der Waals surface area contributed by atoms with Gasteiger partial charge in [-0.1, -0.05) is 42.5 Å². The summed E-state index contributed by atoms with van der Waals surface area (Å²) in [4.78, 5) is 8.16. The molecule has 0 aliphatic rings. The Kier molecular flexibility index (Phi) is 4.57. The second kappa shape index (κ2) is 6.96. The SMILES string of the molecule is FC(F)Oc1ccc(C(c2ccccc2)c2cncnc2)cc1. The van der Waals surface area contributed by atoms with E-state index >= 15 is 0 Å². The lowest BCUT2D eigenvalue weighted by molar-refractivity contribution is -0.0498. The summed E-state index contributed by atoms with van der Waals surface area (Å²) in [5.74, 6) is 0.0675. The summed E-state index contributed by atoms with van der Waals surface area (Å²) in [5.41, 5.74) is 2.96. The van der Waals surface area contributed by atoms with Crippen molar-refractivity contribution >= 4 is 0 Å². The van der Waals surface area contributed by atoms with Crippen LogP contribution in [0.15, 0.2) is 73.3 Å². The fraction of sp³-hybridized carbons (Fsp3) is 0.111. The van der Waals surface area contributed by atoms with Crippen LogP contribution in [0.2, 0.25) is 0 Å². The van der Waals surface area contributed by atoms with Gasteiger partial charge in [-0.25, -0.2) is 9.97 Å². The molecule has 0 amide bonds. The third-order valence-electron chi connectivity index (χ3n) is 3.49. The fourth-order valence-corrected chi connectivity index (χ4v) is 2.52. The quantitative estimate of drug-likeness (QED) is 0.706. The second-order valence-electron chi connectivity index (χ2n) is 4.96. The molecule has 1 aromatic heterocycles. The Morgan fingerprint density at radius 1 is 0.739 bits per heavy atom. The van der Waals surface area contributed by atoms with E-state index in [0.717, 1.165) is 16.7 Å². The fourth-order valence-electron chi connectivity index (χ4n) is 2.52. The van der Waals surface area contributed by atoms with Crippen LogP contribution >= 0.6 is 0 Å². The summed E-state index contributed by atoms with van der Waals surface area (Å²) in [7, 11) is 0. The maximum Gasteiger partial charge on any atom is 0.387 e. The summed E-state index contributed by atoms with van der Waals surface area (Å²) in [6.45, 7) is -2.83. The maximum atomic E-state index is 12.3. The average molecular weight is 312 g/mol. The average Bonchev–Trinajstić information content (AvgIpc) is 2.58. The minimum atomic E-state index is -2.83. The van der Waals surface area contributed by atoms with Gasteiger partial charge in [0.1, 0.15) is 12.1 Å². The molecule has 3 nitrogen and oxygen atoms in total. The topological polar surface area (TPSA) is 35.0 Å². The van der Waals surface area contributed by atoms with Crippen molar-refractivity contribution in [3.8, 4) is 5.75 Å². The van der Waals surface area contributed by atoms with Crippen LogP contribution in [0, 0.1) is 0 Å². The Labute approximate surface area is 132 Å². The van der Waals surface area contributed by atoms with Gasteiger partial charge in [0.15, 0.2) is 0 Å². The van der Waals surface area contributed by atoms with Gasteiger partial charge in [0.05, 0.1) is 0 Å². The highest BCUT2D eigenvalue weighted by atomic mass is 19.3. The van der Waals surface area contributed by atoms with Gasteiger partial charge in [-0.3, -0.25) is 0 Å². The molecule has 0 fully saturated rings. The number of hydrogen-bond donors (Lipinski definition) is 0. The van der Waals surface area contributed by atoms with E-state index in [2.05, 4.69) is 14.7 Å². The largest absolute Gasteiger partial charge is 0.435 e. The lowest BCUT2D eigenvalue weighted by atomic mass is 9.86. The number of ether oxygens (including phenoxy) is 1. The zero-order chi connectivity index (χ0) is 16.1. The van der Waals surface area contributed by atoms with Crippen molar-refractivity contribution in [2.75, 3.05) is 0 Å². The number of alkyl halides is 2. The van der Waals surface area contributed by atoms with E-state index in [-0.39, 0.29) is 11.7 Å². The number of benzene rings is 2. The molecule has 23 heavy (non-hydrogen) atoms. The molecule has 1 atom stereocenters. The number of nitrogens with zero attached hydrogens (tertiary/aromatic N) is 2. The molecule has 3 aromatic rings. The van der Waals surface area contributed by atoms with Crippen LogP contribution in [0.3, 0.4) is 0 Å². The van der Waals surface area contributed by atoms with Crippen molar-refractivity contribution in [1.82, 2.24) is 9.97 Å². The van der Waals surface area contributed by atoms with Crippen molar-refractivity contribution in [3.63, 3.8) is 0 Å². The van der Waals surface area contributed by atoms with Crippen LogP contribution in [0.25, 0.3) is 0 Å². The van der Waals surface area contributed by atoms with Crippen molar-refractivity contribution in [2.45, 2.75) is 12.5 Å². The van der Waals surface area contributed by atoms with Crippen molar-refractivity contribution in [2.24, 2.45) is 0 Å². The monoisotopic (exact) mass is 312 g/mol. The Morgan fingerprint density at radius 3 is 1.96 bits per heavy atom. The Morgan fingerprint density at radius 2 is 1.35 bits per heavy atom. The lowest BCUT2D eigenvalue weighted by Crippen LogP contribution is -2.05. The molecule has 0 aliphatic heterocycles. The summed E-state index contributed by atoms with van der Waals surface area (Å²) in [6.07, 6.45) is 4.99. The van der Waals surface area contributed by atoms with E-state index in [1.54, 1.807) is 36.7 Å². The molecule has 0 bridgehead atoms. The van der Waals surface area contributed by atoms with Gasteiger partial charge in [0.2, 0.25) is 0 Å². The highest BCUT2D eigenvalue weighted by molar-refractivity contribution is 5.43. The number of aromatic nitrogens is 2. The lowest BCUT2D eigenvalue weighted by Gasteiger charge is -2.18. The first-order valence-corrected chi connectivity index (χ1v) is 7.08. The Bertz CT molecular complexity index is 694. The van der Waals surface area contributed by atoms with Crippen LogP contribution in [0.1, 0.15) is 22.6 Å². The van der Waals surface area contributed by atoms with Gasteiger partial charge in [0, 0.05) is 23.9 Å². The highest BCUT2D eigenvalue weighted by Crippen LogP contribution is 2.32. The molecule has 2 aromatic carbocycles. The molecule has 0 N–H and O–H groups in total. The third-order valence-corrected chi connectivity index (χ3v) is 3.49. The zero-order valence-electron chi connectivity index (χ0n) is 12.1. The molecule has 0 aliphatic carbocycles.